The van der Waals surface area contributed by atoms with Crippen LogP contribution in [0.15, 0.2) is 36.8 Å². The molecule has 2 aromatic rings. The van der Waals surface area contributed by atoms with Gasteiger partial charge in [0.2, 0.25) is 0 Å². The van der Waals surface area contributed by atoms with Crippen LogP contribution in [0, 0.1) is 0 Å². The monoisotopic (exact) mass is 333 g/mol. The number of nitrogens with zero attached hydrogens (tertiary/aromatic N) is 1. The third kappa shape index (κ3) is 5.01. The second kappa shape index (κ2) is 8.56. The van der Waals surface area contributed by atoms with Crippen LogP contribution in [-0.2, 0) is 27.3 Å². The van der Waals surface area contributed by atoms with E-state index in [4.69, 9.17) is 14.2 Å². The van der Waals surface area contributed by atoms with Crippen LogP contribution in [0.5, 0.6) is 5.75 Å². The molecule has 0 saturated carbocycles. The van der Waals surface area contributed by atoms with Crippen molar-refractivity contribution in [1.82, 2.24) is 15.3 Å². The van der Waals surface area contributed by atoms with Crippen LogP contribution in [-0.4, -0.2) is 42.3 Å². The molecule has 0 aliphatic rings. The lowest BCUT2D eigenvalue weighted by Gasteiger charge is -2.15. The van der Waals surface area contributed by atoms with Gasteiger partial charge in [0.05, 0.1) is 20.5 Å². The quantitative estimate of drug-likeness (QED) is 0.743. The summed E-state index contributed by atoms with van der Waals surface area (Å²) < 4.78 is 14.9. The molecule has 128 valence electrons. The van der Waals surface area contributed by atoms with Crippen molar-refractivity contribution in [3.63, 3.8) is 0 Å². The van der Waals surface area contributed by atoms with Crippen molar-refractivity contribution >= 4 is 12.1 Å². The Morgan fingerprint density at radius 2 is 2.00 bits per heavy atom. The molecule has 0 aliphatic carbocycles. The zero-order chi connectivity index (χ0) is 17.4. The number of amides is 1. The lowest BCUT2D eigenvalue weighted by molar-refractivity contribution is -0.143. The molecule has 0 aliphatic heterocycles. The maximum Gasteiger partial charge on any atom is 0.408 e. The second-order valence-electron chi connectivity index (χ2n) is 4.93. The van der Waals surface area contributed by atoms with Gasteiger partial charge < -0.3 is 24.5 Å². The Bertz CT molecular complexity index is 655. The van der Waals surface area contributed by atoms with Crippen molar-refractivity contribution in [3.8, 4) is 5.75 Å². The molecule has 1 heterocycles. The minimum atomic E-state index is -0.862. The van der Waals surface area contributed by atoms with E-state index in [0.29, 0.717) is 11.4 Å². The lowest BCUT2D eigenvalue weighted by Crippen LogP contribution is -2.43. The van der Waals surface area contributed by atoms with Gasteiger partial charge in [-0.05, 0) is 17.7 Å². The number of ether oxygens (including phenoxy) is 3. The Balaban J connectivity index is 1.88. The minimum Gasteiger partial charge on any atom is -0.497 e. The molecule has 1 amide bonds. The number of esters is 1. The molecule has 8 heteroatoms. The van der Waals surface area contributed by atoms with Crippen molar-refractivity contribution in [2.24, 2.45) is 0 Å². The highest BCUT2D eigenvalue weighted by molar-refractivity contribution is 5.81. The predicted molar refractivity (Wildman–Crippen MR) is 84.4 cm³/mol. The van der Waals surface area contributed by atoms with E-state index in [1.165, 1.54) is 13.4 Å². The van der Waals surface area contributed by atoms with Crippen molar-refractivity contribution in [2.75, 3.05) is 14.2 Å². The Morgan fingerprint density at radius 1 is 1.25 bits per heavy atom. The number of rotatable bonds is 7. The summed E-state index contributed by atoms with van der Waals surface area (Å²) in [5.41, 5.74) is 1.50. The highest BCUT2D eigenvalue weighted by Crippen LogP contribution is 2.12. The minimum absolute atomic E-state index is 0.0772. The van der Waals surface area contributed by atoms with Crippen LogP contribution in [0.3, 0.4) is 0 Å². The van der Waals surface area contributed by atoms with Crippen LogP contribution in [0.25, 0.3) is 0 Å². The van der Waals surface area contributed by atoms with Gasteiger partial charge in [-0.25, -0.2) is 14.6 Å². The zero-order valence-corrected chi connectivity index (χ0v) is 13.4. The number of hydrogen-bond acceptors (Lipinski definition) is 6. The zero-order valence-electron chi connectivity index (χ0n) is 13.4. The van der Waals surface area contributed by atoms with Gasteiger partial charge in [-0.15, -0.1) is 0 Å². The molecule has 1 atom stereocenters. The average molecular weight is 333 g/mol. The fourth-order valence-corrected chi connectivity index (χ4v) is 2.01. The number of benzene rings is 1. The van der Waals surface area contributed by atoms with Gasteiger partial charge in [0, 0.05) is 18.3 Å². The number of imidazole rings is 1. The van der Waals surface area contributed by atoms with E-state index in [-0.39, 0.29) is 13.0 Å². The van der Waals surface area contributed by atoms with E-state index in [9.17, 15) is 9.59 Å². The highest BCUT2D eigenvalue weighted by atomic mass is 16.6. The molecule has 1 aromatic carbocycles. The number of carbonyl (C=O) groups is 2. The Morgan fingerprint density at radius 3 is 2.58 bits per heavy atom. The van der Waals surface area contributed by atoms with Crippen molar-refractivity contribution in [2.45, 2.75) is 19.1 Å². The summed E-state index contributed by atoms with van der Waals surface area (Å²) in [5.74, 6) is 0.152. The van der Waals surface area contributed by atoms with Crippen LogP contribution in [0.2, 0.25) is 0 Å². The molecule has 1 aromatic heterocycles. The van der Waals surface area contributed by atoms with E-state index in [2.05, 4.69) is 15.3 Å². The number of nitrogens with one attached hydrogen (secondary N) is 2. The Kier molecular flexibility index (Phi) is 6.18. The number of carbonyl (C=O) groups excluding carboxylic acids is 2. The largest absolute Gasteiger partial charge is 0.497 e. The Hall–Kier alpha value is -3.03. The number of aromatic nitrogens is 2. The SMILES string of the molecule is COC(=O)[C@H](Cc1cnc[nH]1)NC(=O)OCc1ccc(OC)cc1. The third-order valence-electron chi connectivity index (χ3n) is 3.29. The maximum atomic E-state index is 11.9. The molecule has 2 rings (SSSR count). The molecule has 0 bridgehead atoms. The van der Waals surface area contributed by atoms with Crippen LogP contribution in [0.4, 0.5) is 4.79 Å². The number of alkyl carbamates (subject to hydrolysis) is 1. The number of aromatic amines is 1. The third-order valence-corrected chi connectivity index (χ3v) is 3.29. The first-order valence-electron chi connectivity index (χ1n) is 7.23. The fraction of sp³-hybridized carbons (Fsp3) is 0.312. The Labute approximate surface area is 139 Å². The van der Waals surface area contributed by atoms with E-state index in [1.54, 1.807) is 37.6 Å². The summed E-state index contributed by atoms with van der Waals surface area (Å²) in [6, 6.07) is 6.25. The molecule has 0 fully saturated rings. The molecule has 8 nitrogen and oxygen atoms in total. The van der Waals surface area contributed by atoms with Gasteiger partial charge in [-0.3, -0.25) is 0 Å². The summed E-state index contributed by atoms with van der Waals surface area (Å²) in [6.07, 6.45) is 2.58. The topological polar surface area (TPSA) is 103 Å². The first kappa shape index (κ1) is 17.3. The van der Waals surface area contributed by atoms with Gasteiger partial charge >= 0.3 is 12.1 Å². The number of H-pyrrole nitrogens is 1. The molecule has 0 saturated heterocycles. The first-order chi connectivity index (χ1) is 11.6. The summed E-state index contributed by atoms with van der Waals surface area (Å²) in [5, 5.41) is 2.49. The predicted octanol–water partition coefficient (Wildman–Crippen LogP) is 1.43. The van der Waals surface area contributed by atoms with Gasteiger partial charge in [-0.2, -0.15) is 0 Å². The van der Waals surface area contributed by atoms with Gasteiger partial charge in [-0.1, -0.05) is 12.1 Å². The first-order valence-corrected chi connectivity index (χ1v) is 7.23. The van der Waals surface area contributed by atoms with E-state index in [0.717, 1.165) is 5.56 Å². The number of hydrogen-bond donors (Lipinski definition) is 2. The van der Waals surface area contributed by atoms with E-state index < -0.39 is 18.1 Å². The molecular weight excluding hydrogens is 314 g/mol. The van der Waals surface area contributed by atoms with Crippen molar-refractivity contribution < 1.29 is 23.8 Å². The smallest absolute Gasteiger partial charge is 0.408 e. The van der Waals surface area contributed by atoms with Crippen LogP contribution >= 0.6 is 0 Å². The van der Waals surface area contributed by atoms with Gasteiger partial charge in [0.15, 0.2) is 0 Å². The summed E-state index contributed by atoms with van der Waals surface area (Å²) >= 11 is 0. The van der Waals surface area contributed by atoms with Crippen molar-refractivity contribution in [1.29, 1.82) is 0 Å². The highest BCUT2D eigenvalue weighted by Gasteiger charge is 2.23. The summed E-state index contributed by atoms with van der Waals surface area (Å²) in [6.45, 7) is 0.0772. The molecule has 0 radical (unpaired) electrons. The van der Waals surface area contributed by atoms with Gasteiger partial charge in [0.1, 0.15) is 18.4 Å². The van der Waals surface area contributed by atoms with E-state index in [1.807, 2.05) is 0 Å². The lowest BCUT2D eigenvalue weighted by atomic mass is 10.2. The summed E-state index contributed by atoms with van der Waals surface area (Å²) in [7, 11) is 2.83. The molecule has 24 heavy (non-hydrogen) atoms. The second-order valence-corrected chi connectivity index (χ2v) is 4.93. The maximum absolute atomic E-state index is 11.9. The number of methoxy groups -OCH3 is 2. The molecule has 0 spiro atoms. The standard InChI is InChI=1S/C16H19N3O5/c1-22-13-5-3-11(4-6-13)9-24-16(21)19-14(15(20)23-2)7-12-8-17-10-18-12/h3-6,8,10,14H,7,9H2,1-2H3,(H,17,18)(H,19,21)/t14-/m0/s1. The van der Waals surface area contributed by atoms with Crippen molar-refractivity contribution in [3.05, 3.63) is 48.0 Å². The average Bonchev–Trinajstić information content (AvgIpc) is 3.12. The van der Waals surface area contributed by atoms with Crippen LogP contribution < -0.4 is 10.1 Å². The van der Waals surface area contributed by atoms with Gasteiger partial charge in [0.25, 0.3) is 0 Å². The molecule has 0 unspecified atom stereocenters. The molecular formula is C16H19N3O5. The van der Waals surface area contributed by atoms with Crippen LogP contribution in [0.1, 0.15) is 11.3 Å². The molecule has 2 N–H and O–H groups in total. The van der Waals surface area contributed by atoms with E-state index >= 15 is 0 Å². The summed E-state index contributed by atoms with van der Waals surface area (Å²) in [4.78, 5) is 30.4. The normalized spacial score (nSPS) is 11.4. The fourth-order valence-electron chi connectivity index (χ4n) is 2.01.